The summed E-state index contributed by atoms with van der Waals surface area (Å²) in [5, 5.41) is 8.63. The standard InChI is InChI=1S/C14H14ClN5/c1-8-6-10-11(7-9(8)2)16-14(15)18-13(10)17-12-4-5-20(3)19-12/h4-7H,1-3H3,(H,16,17,18,19). The molecule has 20 heavy (non-hydrogen) atoms. The van der Waals surface area contributed by atoms with Crippen LogP contribution in [0.2, 0.25) is 5.28 Å². The summed E-state index contributed by atoms with van der Waals surface area (Å²) >= 11 is 6.00. The van der Waals surface area contributed by atoms with E-state index in [2.05, 4.69) is 40.3 Å². The third-order valence-corrected chi connectivity index (χ3v) is 3.41. The molecule has 0 fully saturated rings. The maximum Gasteiger partial charge on any atom is 0.224 e. The second-order valence-electron chi connectivity index (χ2n) is 4.79. The third-order valence-electron chi connectivity index (χ3n) is 3.24. The Hall–Kier alpha value is -2.14. The van der Waals surface area contributed by atoms with Gasteiger partial charge in [-0.05, 0) is 48.7 Å². The van der Waals surface area contributed by atoms with Gasteiger partial charge in [-0.15, -0.1) is 0 Å². The van der Waals surface area contributed by atoms with Crippen molar-refractivity contribution in [2.24, 2.45) is 7.05 Å². The van der Waals surface area contributed by atoms with E-state index in [0.29, 0.717) is 5.82 Å². The molecule has 1 aromatic carbocycles. The first-order chi connectivity index (χ1) is 9.52. The third kappa shape index (κ3) is 2.32. The molecule has 102 valence electrons. The van der Waals surface area contributed by atoms with Crippen LogP contribution in [0, 0.1) is 13.8 Å². The van der Waals surface area contributed by atoms with Gasteiger partial charge in [0.15, 0.2) is 5.82 Å². The highest BCUT2D eigenvalue weighted by molar-refractivity contribution is 6.28. The number of halogens is 1. The average Bonchev–Trinajstić information content (AvgIpc) is 2.77. The molecule has 5 nitrogen and oxygen atoms in total. The summed E-state index contributed by atoms with van der Waals surface area (Å²) in [5.74, 6) is 1.39. The van der Waals surface area contributed by atoms with Gasteiger partial charge in [0.05, 0.1) is 5.52 Å². The van der Waals surface area contributed by atoms with Crippen molar-refractivity contribution in [2.45, 2.75) is 13.8 Å². The van der Waals surface area contributed by atoms with Crippen LogP contribution in [0.4, 0.5) is 11.6 Å². The van der Waals surface area contributed by atoms with E-state index < -0.39 is 0 Å². The Balaban J connectivity index is 2.16. The number of benzene rings is 1. The van der Waals surface area contributed by atoms with Crippen molar-refractivity contribution in [3.63, 3.8) is 0 Å². The zero-order chi connectivity index (χ0) is 14.3. The largest absolute Gasteiger partial charge is 0.323 e. The number of hydrogen-bond acceptors (Lipinski definition) is 4. The van der Waals surface area contributed by atoms with Gasteiger partial charge in [0, 0.05) is 24.7 Å². The van der Waals surface area contributed by atoms with Gasteiger partial charge in [-0.3, -0.25) is 4.68 Å². The van der Waals surface area contributed by atoms with E-state index in [9.17, 15) is 0 Å². The molecule has 6 heteroatoms. The fourth-order valence-corrected chi connectivity index (χ4v) is 2.23. The topological polar surface area (TPSA) is 55.6 Å². The molecule has 0 aliphatic rings. The summed E-state index contributed by atoms with van der Waals surface area (Å²) in [6.07, 6.45) is 1.86. The number of hydrogen-bond donors (Lipinski definition) is 1. The van der Waals surface area contributed by atoms with E-state index in [-0.39, 0.29) is 5.28 Å². The highest BCUT2D eigenvalue weighted by atomic mass is 35.5. The lowest BCUT2D eigenvalue weighted by atomic mass is 10.1. The van der Waals surface area contributed by atoms with Crippen molar-refractivity contribution < 1.29 is 0 Å². The second-order valence-corrected chi connectivity index (χ2v) is 5.13. The smallest absolute Gasteiger partial charge is 0.224 e. The van der Waals surface area contributed by atoms with Gasteiger partial charge in [-0.1, -0.05) is 0 Å². The van der Waals surface area contributed by atoms with Crippen molar-refractivity contribution in [3.05, 3.63) is 40.8 Å². The van der Waals surface area contributed by atoms with Crippen molar-refractivity contribution in [3.8, 4) is 0 Å². The fourth-order valence-electron chi connectivity index (χ4n) is 2.06. The molecule has 1 N–H and O–H groups in total. The Morgan fingerprint density at radius 2 is 1.90 bits per heavy atom. The fraction of sp³-hybridized carbons (Fsp3) is 0.214. The van der Waals surface area contributed by atoms with Gasteiger partial charge >= 0.3 is 0 Å². The first-order valence-electron chi connectivity index (χ1n) is 6.24. The van der Waals surface area contributed by atoms with Gasteiger partial charge in [-0.2, -0.15) is 10.1 Å². The summed E-state index contributed by atoms with van der Waals surface area (Å²) in [5.41, 5.74) is 3.19. The number of nitrogens with one attached hydrogen (secondary N) is 1. The van der Waals surface area contributed by atoms with Gasteiger partial charge in [0.25, 0.3) is 0 Å². The molecule has 0 bridgehead atoms. The zero-order valence-electron chi connectivity index (χ0n) is 11.5. The van der Waals surface area contributed by atoms with Gasteiger partial charge in [0.2, 0.25) is 5.28 Å². The number of aryl methyl sites for hydroxylation is 3. The summed E-state index contributed by atoms with van der Waals surface area (Å²) in [6.45, 7) is 4.12. The van der Waals surface area contributed by atoms with Crippen molar-refractivity contribution in [1.82, 2.24) is 19.7 Å². The van der Waals surface area contributed by atoms with Crippen molar-refractivity contribution >= 4 is 34.1 Å². The lowest BCUT2D eigenvalue weighted by Crippen LogP contribution is -1.99. The van der Waals surface area contributed by atoms with Gasteiger partial charge < -0.3 is 5.32 Å². The van der Waals surface area contributed by atoms with Gasteiger partial charge in [-0.25, -0.2) is 4.98 Å². The molecule has 0 saturated heterocycles. The zero-order valence-corrected chi connectivity index (χ0v) is 12.2. The van der Waals surface area contributed by atoms with Crippen LogP contribution in [-0.4, -0.2) is 19.7 Å². The Labute approximate surface area is 121 Å². The molecule has 0 spiro atoms. The lowest BCUT2D eigenvalue weighted by molar-refractivity contribution is 0.771. The van der Waals surface area contributed by atoms with E-state index >= 15 is 0 Å². The summed E-state index contributed by atoms with van der Waals surface area (Å²) in [7, 11) is 1.86. The SMILES string of the molecule is Cc1cc2nc(Cl)nc(Nc3ccn(C)n3)c2cc1C. The van der Waals surface area contributed by atoms with Crippen LogP contribution >= 0.6 is 11.6 Å². The lowest BCUT2D eigenvalue weighted by Gasteiger charge is -2.09. The highest BCUT2D eigenvalue weighted by Gasteiger charge is 2.09. The van der Waals surface area contributed by atoms with Crippen molar-refractivity contribution in [1.29, 1.82) is 0 Å². The minimum Gasteiger partial charge on any atom is -0.323 e. The number of fused-ring (bicyclic) bond motifs is 1. The average molecular weight is 288 g/mol. The molecular formula is C14H14ClN5. The van der Waals surface area contributed by atoms with E-state index in [1.807, 2.05) is 25.4 Å². The minimum absolute atomic E-state index is 0.221. The van der Waals surface area contributed by atoms with Crippen LogP contribution in [0.25, 0.3) is 10.9 Å². The van der Waals surface area contributed by atoms with E-state index in [1.165, 1.54) is 11.1 Å². The molecule has 0 atom stereocenters. The molecule has 0 aliphatic heterocycles. The van der Waals surface area contributed by atoms with Crippen LogP contribution in [-0.2, 0) is 7.05 Å². The first kappa shape index (κ1) is 12.9. The van der Waals surface area contributed by atoms with Crippen LogP contribution < -0.4 is 5.32 Å². The number of anilines is 2. The Bertz CT molecular complexity index is 794. The monoisotopic (exact) mass is 287 g/mol. The number of aromatic nitrogens is 4. The molecule has 0 unspecified atom stereocenters. The predicted molar refractivity (Wildman–Crippen MR) is 80.5 cm³/mol. The molecule has 0 saturated carbocycles. The quantitative estimate of drug-likeness (QED) is 0.734. The molecule has 0 radical (unpaired) electrons. The van der Waals surface area contributed by atoms with Crippen molar-refractivity contribution in [2.75, 3.05) is 5.32 Å². The summed E-state index contributed by atoms with van der Waals surface area (Å²) in [6, 6.07) is 5.96. The Morgan fingerprint density at radius 3 is 2.60 bits per heavy atom. The molecular weight excluding hydrogens is 274 g/mol. The van der Waals surface area contributed by atoms with E-state index in [0.717, 1.165) is 16.7 Å². The molecule has 0 amide bonds. The second kappa shape index (κ2) is 4.76. The van der Waals surface area contributed by atoms with Gasteiger partial charge in [0.1, 0.15) is 5.82 Å². The molecule has 2 aromatic heterocycles. The normalized spacial score (nSPS) is 11.0. The highest BCUT2D eigenvalue weighted by Crippen LogP contribution is 2.27. The Morgan fingerprint density at radius 1 is 1.15 bits per heavy atom. The molecule has 0 aliphatic carbocycles. The summed E-state index contributed by atoms with van der Waals surface area (Å²) in [4.78, 5) is 8.54. The maximum atomic E-state index is 6.00. The molecule has 2 heterocycles. The maximum absolute atomic E-state index is 6.00. The minimum atomic E-state index is 0.221. The first-order valence-corrected chi connectivity index (χ1v) is 6.62. The number of rotatable bonds is 2. The molecule has 3 aromatic rings. The van der Waals surface area contributed by atoms with Crippen LogP contribution in [0.1, 0.15) is 11.1 Å². The predicted octanol–water partition coefficient (Wildman–Crippen LogP) is 3.38. The van der Waals surface area contributed by atoms with Crippen LogP contribution in [0.15, 0.2) is 24.4 Å². The number of nitrogens with zero attached hydrogens (tertiary/aromatic N) is 4. The summed E-state index contributed by atoms with van der Waals surface area (Å²) < 4.78 is 1.72. The Kier molecular flexibility index (Phi) is 3.06. The molecule has 3 rings (SSSR count). The van der Waals surface area contributed by atoms with Crippen LogP contribution in [0.5, 0.6) is 0 Å². The van der Waals surface area contributed by atoms with E-state index in [4.69, 9.17) is 11.6 Å². The van der Waals surface area contributed by atoms with E-state index in [1.54, 1.807) is 4.68 Å². The van der Waals surface area contributed by atoms with Crippen LogP contribution in [0.3, 0.4) is 0 Å².